The lowest BCUT2D eigenvalue weighted by molar-refractivity contribution is -0.184. The molecule has 3 unspecified atom stereocenters. The summed E-state index contributed by atoms with van der Waals surface area (Å²) in [6, 6.07) is 0. The number of fused-ring (bicyclic) bond motifs is 5. The Morgan fingerprint density at radius 3 is 2.38 bits per heavy atom. The largest absolute Gasteiger partial charge is 0.393 e. The van der Waals surface area contributed by atoms with Crippen molar-refractivity contribution in [2.24, 2.45) is 34.5 Å². The van der Waals surface area contributed by atoms with Crippen molar-refractivity contribution in [2.75, 3.05) is 0 Å². The van der Waals surface area contributed by atoms with Crippen molar-refractivity contribution in [1.29, 1.82) is 0 Å². The molecule has 7 nitrogen and oxygen atoms in total. The predicted octanol–water partition coefficient (Wildman–Crippen LogP) is 1.71. The van der Waals surface area contributed by atoms with Gasteiger partial charge in [-0.1, -0.05) is 20.8 Å². The van der Waals surface area contributed by atoms with Crippen molar-refractivity contribution < 1.29 is 35.4 Å². The fourth-order valence-electron chi connectivity index (χ4n) is 8.26. The SMILES string of the molecule is CC([C@H](O)CCC(C)(C)O)[C@H]1CC[C@]2(O)C3=CC(=O)[C@@H]4C[C@@H](O)[C@@H](O)C[C@]4(C)C3CC(O)[C@@]12C. The summed E-state index contributed by atoms with van der Waals surface area (Å²) in [7, 11) is 0. The van der Waals surface area contributed by atoms with Crippen LogP contribution in [0.1, 0.15) is 79.6 Å². The van der Waals surface area contributed by atoms with Crippen molar-refractivity contribution in [3.63, 3.8) is 0 Å². The average molecular weight is 481 g/mol. The molecule has 3 saturated carbocycles. The number of carbonyl (C=O) groups excluding carboxylic acids is 1. The van der Waals surface area contributed by atoms with Gasteiger partial charge in [0.05, 0.1) is 35.6 Å². The van der Waals surface area contributed by atoms with E-state index in [0.29, 0.717) is 37.7 Å². The molecule has 0 aromatic heterocycles. The van der Waals surface area contributed by atoms with Gasteiger partial charge in [0.2, 0.25) is 0 Å². The molecule has 11 atom stereocenters. The van der Waals surface area contributed by atoms with Crippen molar-refractivity contribution in [3.05, 3.63) is 11.6 Å². The van der Waals surface area contributed by atoms with Crippen LogP contribution in [0.25, 0.3) is 0 Å². The van der Waals surface area contributed by atoms with Crippen LogP contribution in [0.15, 0.2) is 11.6 Å². The van der Waals surface area contributed by atoms with E-state index in [9.17, 15) is 35.4 Å². The van der Waals surface area contributed by atoms with Gasteiger partial charge in [-0.15, -0.1) is 0 Å². The topological polar surface area (TPSA) is 138 Å². The number of aliphatic hydroxyl groups excluding tert-OH is 4. The van der Waals surface area contributed by atoms with Crippen LogP contribution in [0.5, 0.6) is 0 Å². The number of rotatable bonds is 5. The number of hydrogen-bond acceptors (Lipinski definition) is 7. The maximum atomic E-state index is 13.3. The number of aliphatic hydroxyl groups is 6. The molecular weight excluding hydrogens is 436 g/mol. The summed E-state index contributed by atoms with van der Waals surface area (Å²) in [5.41, 5.74) is -3.17. The molecule has 0 saturated heterocycles. The first-order valence-corrected chi connectivity index (χ1v) is 13.0. The van der Waals surface area contributed by atoms with E-state index in [1.54, 1.807) is 19.9 Å². The molecule has 194 valence electrons. The second-order valence-electron chi connectivity index (χ2n) is 13.0. The molecule has 0 spiro atoms. The van der Waals surface area contributed by atoms with Gasteiger partial charge in [-0.2, -0.15) is 0 Å². The van der Waals surface area contributed by atoms with Crippen LogP contribution in [0, 0.1) is 34.5 Å². The molecule has 0 radical (unpaired) electrons. The Kier molecular flexibility index (Phi) is 6.45. The van der Waals surface area contributed by atoms with Crippen molar-refractivity contribution >= 4 is 5.78 Å². The summed E-state index contributed by atoms with van der Waals surface area (Å²) in [4.78, 5) is 13.3. The minimum absolute atomic E-state index is 0.117. The highest BCUT2D eigenvalue weighted by Gasteiger charge is 2.70. The van der Waals surface area contributed by atoms with E-state index >= 15 is 0 Å². The first-order chi connectivity index (χ1) is 15.6. The highest BCUT2D eigenvalue weighted by Crippen LogP contribution is 2.68. The van der Waals surface area contributed by atoms with E-state index in [2.05, 4.69) is 0 Å². The van der Waals surface area contributed by atoms with Crippen molar-refractivity contribution in [1.82, 2.24) is 0 Å². The quantitative estimate of drug-likeness (QED) is 0.352. The maximum absolute atomic E-state index is 13.3. The first-order valence-electron chi connectivity index (χ1n) is 13.0. The smallest absolute Gasteiger partial charge is 0.159 e. The molecular formula is C27H44O7. The third-order valence-corrected chi connectivity index (χ3v) is 10.6. The zero-order valence-corrected chi connectivity index (χ0v) is 21.2. The molecule has 0 aliphatic heterocycles. The number of carbonyl (C=O) groups is 1. The van der Waals surface area contributed by atoms with Gasteiger partial charge in [0.15, 0.2) is 5.78 Å². The number of hydrogen-bond donors (Lipinski definition) is 6. The molecule has 3 fully saturated rings. The molecule has 0 heterocycles. The van der Waals surface area contributed by atoms with E-state index < -0.39 is 52.4 Å². The lowest BCUT2D eigenvalue weighted by atomic mass is 9.45. The van der Waals surface area contributed by atoms with Gasteiger partial charge in [-0.3, -0.25) is 4.79 Å². The summed E-state index contributed by atoms with van der Waals surface area (Å²) in [5.74, 6) is -1.19. The normalized spacial score (nSPS) is 48.4. The van der Waals surface area contributed by atoms with Crippen LogP contribution in [0.4, 0.5) is 0 Å². The first kappa shape index (κ1) is 26.2. The zero-order valence-electron chi connectivity index (χ0n) is 21.2. The Balaban J connectivity index is 1.67. The summed E-state index contributed by atoms with van der Waals surface area (Å²) in [5, 5.41) is 65.5. The molecule has 4 rings (SSSR count). The highest BCUT2D eigenvalue weighted by atomic mass is 16.3. The Morgan fingerprint density at radius 1 is 1.12 bits per heavy atom. The molecule has 0 aromatic rings. The van der Waals surface area contributed by atoms with Gasteiger partial charge in [0, 0.05) is 11.3 Å². The van der Waals surface area contributed by atoms with Gasteiger partial charge in [-0.25, -0.2) is 0 Å². The van der Waals surface area contributed by atoms with Gasteiger partial charge >= 0.3 is 0 Å². The fraction of sp³-hybridized carbons (Fsp3) is 0.889. The molecule has 0 bridgehead atoms. The zero-order chi connectivity index (χ0) is 25.4. The molecule has 4 aliphatic rings. The van der Waals surface area contributed by atoms with Gasteiger partial charge in [-0.05, 0) is 93.6 Å². The van der Waals surface area contributed by atoms with Crippen LogP contribution in [-0.2, 0) is 4.79 Å². The van der Waals surface area contributed by atoms with Gasteiger partial charge in [0.25, 0.3) is 0 Å². The van der Waals surface area contributed by atoms with Crippen LogP contribution in [0.3, 0.4) is 0 Å². The monoisotopic (exact) mass is 480 g/mol. The molecule has 7 heteroatoms. The standard InChI is InChI=1S/C27H44O7/c1-14(19(28)7-8-24(2,3)33)15-6-9-27(34)17-10-20(29)18-11-21(30)22(31)13-25(18,4)16(17)12-23(32)26(15,27)5/h10,14-16,18-19,21-23,28,30-34H,6-9,11-13H2,1-5H3/t14?,15-,16?,18+,19-,21-,22+,23?,25-,26-,27+/m1/s1. The Morgan fingerprint density at radius 2 is 1.76 bits per heavy atom. The van der Waals surface area contributed by atoms with Crippen molar-refractivity contribution in [2.45, 2.75) is 115 Å². The number of ketones is 1. The second kappa shape index (κ2) is 8.35. The van der Waals surface area contributed by atoms with Crippen LogP contribution >= 0.6 is 0 Å². The Hall–Kier alpha value is -0.830. The molecule has 6 N–H and O–H groups in total. The van der Waals surface area contributed by atoms with E-state index in [1.165, 1.54) is 0 Å². The maximum Gasteiger partial charge on any atom is 0.159 e. The van der Waals surface area contributed by atoms with E-state index in [1.807, 2.05) is 20.8 Å². The van der Waals surface area contributed by atoms with E-state index in [0.717, 1.165) is 0 Å². The summed E-state index contributed by atoms with van der Waals surface area (Å²) in [6.07, 6.45) is 0.874. The lowest BCUT2D eigenvalue weighted by Gasteiger charge is -2.61. The number of allylic oxidation sites excluding steroid dienone is 1. The Bertz CT molecular complexity index is 848. The molecule has 4 aliphatic carbocycles. The third kappa shape index (κ3) is 3.73. The average Bonchev–Trinajstić information content (AvgIpc) is 3.02. The van der Waals surface area contributed by atoms with E-state index in [-0.39, 0.29) is 36.4 Å². The summed E-state index contributed by atoms with van der Waals surface area (Å²) < 4.78 is 0. The highest BCUT2D eigenvalue weighted by molar-refractivity contribution is 5.95. The van der Waals surface area contributed by atoms with Gasteiger partial charge < -0.3 is 30.6 Å². The molecule has 0 aromatic carbocycles. The second-order valence-corrected chi connectivity index (χ2v) is 13.0. The molecule has 0 amide bonds. The van der Waals surface area contributed by atoms with Crippen LogP contribution in [0.2, 0.25) is 0 Å². The predicted molar refractivity (Wildman–Crippen MR) is 127 cm³/mol. The van der Waals surface area contributed by atoms with E-state index in [4.69, 9.17) is 0 Å². The molecule has 34 heavy (non-hydrogen) atoms. The van der Waals surface area contributed by atoms with Crippen LogP contribution < -0.4 is 0 Å². The minimum atomic E-state index is -1.38. The minimum Gasteiger partial charge on any atom is -0.393 e. The third-order valence-electron chi connectivity index (χ3n) is 10.6. The summed E-state index contributed by atoms with van der Waals surface area (Å²) >= 11 is 0. The lowest BCUT2D eigenvalue weighted by Crippen LogP contribution is -2.65. The van der Waals surface area contributed by atoms with Crippen LogP contribution in [-0.4, -0.2) is 72.0 Å². The Labute approximate surface area is 202 Å². The van der Waals surface area contributed by atoms with Crippen molar-refractivity contribution in [3.8, 4) is 0 Å². The van der Waals surface area contributed by atoms with Gasteiger partial charge in [0.1, 0.15) is 0 Å². The fourth-order valence-corrected chi connectivity index (χ4v) is 8.26. The summed E-state index contributed by atoms with van der Waals surface area (Å²) in [6.45, 7) is 9.23.